The third kappa shape index (κ3) is 17.9. The van der Waals surface area contributed by atoms with Crippen LogP contribution in [0.3, 0.4) is 0 Å². The zero-order valence-electron chi connectivity index (χ0n) is 22.3. The number of carboxylic acid groups (broad SMARTS) is 1. The first-order valence-corrected chi connectivity index (χ1v) is 13.0. The van der Waals surface area contributed by atoms with E-state index in [1.165, 1.54) is 0 Å². The molecule has 218 valence electrons. The molecule has 1 aromatic carbocycles. The number of amides is 1. The lowest BCUT2D eigenvalue weighted by Crippen LogP contribution is -2.40. The quantitative estimate of drug-likeness (QED) is 0.0676. The molecule has 0 bridgehead atoms. The number of rotatable bonds is 25. The number of hydrogen-bond acceptors (Lipinski definition) is 11. The molecule has 0 unspecified atom stereocenters. The number of nitrogen functional groups attached to an aromatic ring is 2. The molecular weight excluding hydrogens is 496 g/mol. The standard InChI is InChI=1S/C25H46N6O7/c26-5-9-31(11-8-30-25(34)21-2-3-22(27)23(28)20-21)10-7-29-6-1-12-35-14-16-37-18-19-38-17-15-36-13-4-24(32)33/h2-3,20,29H,1,4-19,26-28H2,(H,30,34)(H,32,33). The van der Waals surface area contributed by atoms with E-state index < -0.39 is 5.97 Å². The van der Waals surface area contributed by atoms with Crippen molar-refractivity contribution in [2.45, 2.75) is 12.8 Å². The second-order valence-corrected chi connectivity index (χ2v) is 8.43. The molecule has 13 nitrogen and oxygen atoms in total. The first kappa shape index (κ1) is 33.5. The molecule has 0 radical (unpaired) electrons. The molecule has 0 atom stereocenters. The van der Waals surface area contributed by atoms with Gasteiger partial charge in [0.1, 0.15) is 0 Å². The number of nitrogens with one attached hydrogen (secondary N) is 2. The van der Waals surface area contributed by atoms with E-state index in [9.17, 15) is 9.59 Å². The van der Waals surface area contributed by atoms with Crippen LogP contribution in [-0.2, 0) is 23.7 Å². The van der Waals surface area contributed by atoms with Gasteiger partial charge >= 0.3 is 5.97 Å². The lowest BCUT2D eigenvalue weighted by atomic mass is 10.1. The highest BCUT2D eigenvalue weighted by atomic mass is 16.6. The highest BCUT2D eigenvalue weighted by Crippen LogP contribution is 2.15. The van der Waals surface area contributed by atoms with Crippen molar-refractivity contribution >= 4 is 23.3 Å². The van der Waals surface area contributed by atoms with Crippen LogP contribution in [0, 0.1) is 0 Å². The lowest BCUT2D eigenvalue weighted by Gasteiger charge is -2.22. The van der Waals surface area contributed by atoms with E-state index in [0.29, 0.717) is 82.8 Å². The molecule has 1 aromatic rings. The third-order valence-electron chi connectivity index (χ3n) is 5.33. The summed E-state index contributed by atoms with van der Waals surface area (Å²) < 4.78 is 21.4. The third-order valence-corrected chi connectivity index (χ3v) is 5.33. The predicted octanol–water partition coefficient (Wildman–Crippen LogP) is -0.638. The van der Waals surface area contributed by atoms with E-state index >= 15 is 0 Å². The van der Waals surface area contributed by atoms with Crippen LogP contribution in [0.2, 0.25) is 0 Å². The van der Waals surface area contributed by atoms with Gasteiger partial charge in [-0.15, -0.1) is 0 Å². The van der Waals surface area contributed by atoms with Gasteiger partial charge in [-0.3, -0.25) is 14.5 Å². The summed E-state index contributed by atoms with van der Waals surface area (Å²) in [6.07, 6.45) is 0.890. The Balaban J connectivity index is 1.93. The van der Waals surface area contributed by atoms with Gasteiger partial charge in [-0.05, 0) is 31.2 Å². The summed E-state index contributed by atoms with van der Waals surface area (Å²) in [4.78, 5) is 24.8. The van der Waals surface area contributed by atoms with Gasteiger partial charge in [0.25, 0.3) is 5.91 Å². The Kier molecular flexibility index (Phi) is 19.8. The Bertz CT molecular complexity index is 772. The number of nitrogens with two attached hydrogens (primary N) is 3. The molecule has 0 saturated carbocycles. The van der Waals surface area contributed by atoms with E-state index in [-0.39, 0.29) is 18.9 Å². The van der Waals surface area contributed by atoms with Gasteiger partial charge in [-0.25, -0.2) is 0 Å². The zero-order valence-corrected chi connectivity index (χ0v) is 22.3. The second kappa shape index (κ2) is 22.5. The summed E-state index contributed by atoms with van der Waals surface area (Å²) in [6, 6.07) is 4.86. The minimum absolute atomic E-state index is 0.00124. The fourth-order valence-electron chi connectivity index (χ4n) is 3.25. The molecule has 13 heteroatoms. The molecule has 38 heavy (non-hydrogen) atoms. The first-order chi connectivity index (χ1) is 18.4. The normalized spacial score (nSPS) is 11.2. The fourth-order valence-corrected chi connectivity index (χ4v) is 3.25. The number of nitrogens with zero attached hydrogens (tertiary/aromatic N) is 1. The van der Waals surface area contributed by atoms with E-state index in [1.54, 1.807) is 18.2 Å². The summed E-state index contributed by atoms with van der Waals surface area (Å²) in [5.74, 6) is -1.06. The van der Waals surface area contributed by atoms with Gasteiger partial charge in [-0.1, -0.05) is 0 Å². The summed E-state index contributed by atoms with van der Waals surface area (Å²) in [6.45, 7) is 8.57. The van der Waals surface area contributed by atoms with Crippen LogP contribution in [0.4, 0.5) is 11.4 Å². The number of benzene rings is 1. The molecule has 1 amide bonds. The van der Waals surface area contributed by atoms with E-state index in [4.69, 9.17) is 41.3 Å². The van der Waals surface area contributed by atoms with Crippen molar-refractivity contribution in [2.75, 3.05) is 110 Å². The maximum Gasteiger partial charge on any atom is 0.305 e. The number of carboxylic acids is 1. The lowest BCUT2D eigenvalue weighted by molar-refractivity contribution is -0.138. The second-order valence-electron chi connectivity index (χ2n) is 8.43. The van der Waals surface area contributed by atoms with Crippen LogP contribution < -0.4 is 27.8 Å². The number of hydrogen-bond donors (Lipinski definition) is 6. The maximum atomic E-state index is 12.3. The average Bonchev–Trinajstić information content (AvgIpc) is 2.89. The number of ether oxygens (including phenoxy) is 4. The van der Waals surface area contributed by atoms with Crippen molar-refractivity contribution in [1.82, 2.24) is 15.5 Å². The number of anilines is 2. The Morgan fingerprint density at radius 1 is 0.789 bits per heavy atom. The van der Waals surface area contributed by atoms with Crippen molar-refractivity contribution in [3.63, 3.8) is 0 Å². The van der Waals surface area contributed by atoms with Crippen LogP contribution in [0.1, 0.15) is 23.2 Å². The summed E-state index contributed by atoms with van der Waals surface area (Å²) >= 11 is 0. The van der Waals surface area contributed by atoms with E-state index in [0.717, 1.165) is 32.6 Å². The summed E-state index contributed by atoms with van der Waals surface area (Å²) in [7, 11) is 0. The van der Waals surface area contributed by atoms with Gasteiger partial charge < -0.3 is 51.9 Å². The van der Waals surface area contributed by atoms with Gasteiger partial charge in [0.15, 0.2) is 0 Å². The minimum Gasteiger partial charge on any atom is -0.481 e. The number of carbonyl (C=O) groups is 2. The van der Waals surface area contributed by atoms with E-state index in [1.807, 2.05) is 0 Å². The summed E-state index contributed by atoms with van der Waals surface area (Å²) in [5.41, 5.74) is 18.5. The monoisotopic (exact) mass is 542 g/mol. The molecule has 0 spiro atoms. The maximum absolute atomic E-state index is 12.3. The van der Waals surface area contributed by atoms with Crippen molar-refractivity contribution in [3.8, 4) is 0 Å². The van der Waals surface area contributed by atoms with Crippen LogP contribution >= 0.6 is 0 Å². The number of aliphatic carboxylic acids is 1. The van der Waals surface area contributed by atoms with Crippen LogP contribution in [0.15, 0.2) is 18.2 Å². The summed E-state index contributed by atoms with van der Waals surface area (Å²) in [5, 5.41) is 14.8. The molecule has 0 fully saturated rings. The molecule has 0 aromatic heterocycles. The van der Waals surface area contributed by atoms with Crippen molar-refractivity contribution in [2.24, 2.45) is 5.73 Å². The Morgan fingerprint density at radius 2 is 1.39 bits per heavy atom. The highest BCUT2D eigenvalue weighted by Gasteiger charge is 2.09. The Hall–Kier alpha value is -2.52. The van der Waals surface area contributed by atoms with E-state index in [2.05, 4.69) is 15.5 Å². The van der Waals surface area contributed by atoms with Crippen molar-refractivity contribution in [1.29, 1.82) is 0 Å². The van der Waals surface area contributed by atoms with Gasteiger partial charge in [0.2, 0.25) is 0 Å². The van der Waals surface area contributed by atoms with Crippen LogP contribution in [-0.4, -0.2) is 121 Å². The van der Waals surface area contributed by atoms with Gasteiger partial charge in [0, 0.05) is 51.4 Å². The molecule has 0 heterocycles. The molecule has 0 saturated heterocycles. The zero-order chi connectivity index (χ0) is 27.8. The predicted molar refractivity (Wildman–Crippen MR) is 146 cm³/mol. The fraction of sp³-hybridized carbons (Fsp3) is 0.680. The highest BCUT2D eigenvalue weighted by molar-refractivity contribution is 5.95. The SMILES string of the molecule is NCCN(CCNCCCOCCOCCOCCOCCC(=O)O)CCNC(=O)c1ccc(N)c(N)c1. The largest absolute Gasteiger partial charge is 0.481 e. The smallest absolute Gasteiger partial charge is 0.305 e. The Morgan fingerprint density at radius 3 is 2.00 bits per heavy atom. The number of carbonyl (C=O) groups excluding carboxylic acids is 1. The molecule has 0 aliphatic carbocycles. The van der Waals surface area contributed by atoms with Gasteiger partial charge in [0.05, 0.1) is 64.0 Å². The Labute approximate surface area is 225 Å². The first-order valence-electron chi connectivity index (χ1n) is 13.0. The molecular formula is C25H46N6O7. The van der Waals surface area contributed by atoms with Crippen molar-refractivity contribution in [3.05, 3.63) is 23.8 Å². The molecule has 0 aliphatic heterocycles. The average molecular weight is 543 g/mol. The minimum atomic E-state index is -0.873. The van der Waals surface area contributed by atoms with Gasteiger partial charge in [-0.2, -0.15) is 0 Å². The molecule has 0 aliphatic rings. The van der Waals surface area contributed by atoms with Crippen LogP contribution in [0.25, 0.3) is 0 Å². The topological polar surface area (TPSA) is 197 Å². The van der Waals surface area contributed by atoms with Crippen molar-refractivity contribution < 1.29 is 33.6 Å². The molecule has 1 rings (SSSR count). The van der Waals surface area contributed by atoms with Crippen LogP contribution in [0.5, 0.6) is 0 Å². The molecule has 9 N–H and O–H groups in total.